The van der Waals surface area contributed by atoms with Crippen LogP contribution in [0.1, 0.15) is 40.8 Å². The highest BCUT2D eigenvalue weighted by atomic mass is 16.6. The highest BCUT2D eigenvalue weighted by Gasteiger charge is 2.13. The number of ether oxygens (including phenoxy) is 2. The predicted molar refractivity (Wildman–Crippen MR) is 105 cm³/mol. The quantitative estimate of drug-likeness (QED) is 0.756. The summed E-state index contributed by atoms with van der Waals surface area (Å²) in [4.78, 5) is 23.8. The molecule has 0 unspecified atom stereocenters. The lowest BCUT2D eigenvalue weighted by Gasteiger charge is -2.16. The summed E-state index contributed by atoms with van der Waals surface area (Å²) in [6.07, 6.45) is 0. The monoisotopic (exact) mass is 369 g/mol. The molecule has 1 atom stereocenters. The zero-order valence-corrected chi connectivity index (χ0v) is 16.6. The Bertz CT molecular complexity index is 829. The van der Waals surface area contributed by atoms with E-state index < -0.39 is 5.97 Å². The van der Waals surface area contributed by atoms with E-state index in [1.165, 1.54) is 11.1 Å². The Balaban J connectivity index is 1.77. The number of carbonyl (C=O) groups is 2. The van der Waals surface area contributed by atoms with Crippen LogP contribution < -0.4 is 10.1 Å². The van der Waals surface area contributed by atoms with Crippen LogP contribution in [0.25, 0.3) is 0 Å². The molecule has 0 radical (unpaired) electrons. The normalized spacial score (nSPS) is 11.6. The minimum Gasteiger partial charge on any atom is -0.482 e. The topological polar surface area (TPSA) is 64.6 Å². The zero-order chi connectivity index (χ0) is 20.0. The Morgan fingerprint density at radius 3 is 2.33 bits per heavy atom. The lowest BCUT2D eigenvalue weighted by atomic mass is 10.0. The van der Waals surface area contributed by atoms with Gasteiger partial charge in [-0.15, -0.1) is 0 Å². The summed E-state index contributed by atoms with van der Waals surface area (Å²) in [5, 5.41) is 2.83. The van der Waals surface area contributed by atoms with E-state index in [4.69, 9.17) is 9.47 Å². The largest absolute Gasteiger partial charge is 0.482 e. The molecular weight excluding hydrogens is 342 g/mol. The van der Waals surface area contributed by atoms with Crippen molar-refractivity contribution in [2.75, 3.05) is 13.2 Å². The first-order valence-corrected chi connectivity index (χ1v) is 8.98. The SMILES string of the molecule is Cc1ccc(OCC(=O)OCC(=O)N[C@H](C)c2ccc(C)c(C)c2)c(C)c1. The Kier molecular flexibility index (Phi) is 6.99. The maximum absolute atomic E-state index is 12.0. The van der Waals surface area contributed by atoms with E-state index >= 15 is 0 Å². The van der Waals surface area contributed by atoms with Crippen LogP contribution >= 0.6 is 0 Å². The lowest BCUT2D eigenvalue weighted by molar-refractivity contribution is -0.150. The van der Waals surface area contributed by atoms with Crippen LogP contribution in [0.3, 0.4) is 0 Å². The number of carbonyl (C=O) groups excluding carboxylic acids is 2. The second kappa shape index (κ2) is 9.21. The number of hydrogen-bond acceptors (Lipinski definition) is 4. The van der Waals surface area contributed by atoms with Gasteiger partial charge in [-0.2, -0.15) is 0 Å². The van der Waals surface area contributed by atoms with Crippen LogP contribution in [0.2, 0.25) is 0 Å². The molecule has 2 aromatic rings. The van der Waals surface area contributed by atoms with Crippen LogP contribution in [0.4, 0.5) is 0 Å². The summed E-state index contributed by atoms with van der Waals surface area (Å²) in [6, 6.07) is 11.6. The number of aryl methyl sites for hydroxylation is 4. The van der Waals surface area contributed by atoms with Gasteiger partial charge in [0.05, 0.1) is 6.04 Å². The first-order valence-electron chi connectivity index (χ1n) is 8.98. The number of rotatable bonds is 7. The Morgan fingerprint density at radius 2 is 1.67 bits per heavy atom. The van der Waals surface area contributed by atoms with Gasteiger partial charge < -0.3 is 14.8 Å². The Labute approximate surface area is 160 Å². The van der Waals surface area contributed by atoms with Gasteiger partial charge in [0.15, 0.2) is 13.2 Å². The molecule has 1 N–H and O–H groups in total. The number of esters is 1. The van der Waals surface area contributed by atoms with Gasteiger partial charge in [0.2, 0.25) is 0 Å². The predicted octanol–water partition coefficient (Wildman–Crippen LogP) is 3.72. The van der Waals surface area contributed by atoms with E-state index in [1.54, 1.807) is 0 Å². The van der Waals surface area contributed by atoms with E-state index in [0.29, 0.717) is 5.75 Å². The van der Waals surface area contributed by atoms with E-state index in [9.17, 15) is 9.59 Å². The van der Waals surface area contributed by atoms with Gasteiger partial charge in [-0.05, 0) is 62.9 Å². The van der Waals surface area contributed by atoms with Gasteiger partial charge in [0, 0.05) is 0 Å². The van der Waals surface area contributed by atoms with Gasteiger partial charge in [-0.3, -0.25) is 4.79 Å². The fourth-order valence-corrected chi connectivity index (χ4v) is 2.69. The van der Waals surface area contributed by atoms with Gasteiger partial charge in [-0.25, -0.2) is 4.79 Å². The molecule has 0 aliphatic rings. The first kappa shape index (κ1) is 20.5. The fourth-order valence-electron chi connectivity index (χ4n) is 2.69. The average Bonchev–Trinajstić information content (AvgIpc) is 2.61. The molecule has 0 fully saturated rings. The molecule has 27 heavy (non-hydrogen) atoms. The molecule has 2 aromatic carbocycles. The van der Waals surface area contributed by atoms with Crippen molar-refractivity contribution >= 4 is 11.9 Å². The van der Waals surface area contributed by atoms with E-state index in [0.717, 1.165) is 16.7 Å². The highest BCUT2D eigenvalue weighted by Crippen LogP contribution is 2.19. The standard InChI is InChI=1S/C22H27NO4/c1-14-6-9-20(17(4)10-14)26-13-22(25)27-12-21(24)23-18(5)19-8-7-15(2)16(3)11-19/h6-11,18H,12-13H2,1-5H3,(H,23,24)/t18-/m1/s1. The second-order valence-corrected chi connectivity index (χ2v) is 6.85. The smallest absolute Gasteiger partial charge is 0.344 e. The van der Waals surface area contributed by atoms with Crippen molar-refractivity contribution in [1.29, 1.82) is 0 Å². The number of benzene rings is 2. The third-order valence-corrected chi connectivity index (χ3v) is 4.45. The minimum absolute atomic E-state index is 0.165. The summed E-state index contributed by atoms with van der Waals surface area (Å²) in [5.41, 5.74) is 5.45. The van der Waals surface area contributed by atoms with Crippen molar-refractivity contribution in [3.63, 3.8) is 0 Å². The Morgan fingerprint density at radius 1 is 0.926 bits per heavy atom. The van der Waals surface area contributed by atoms with Gasteiger partial charge in [0.25, 0.3) is 5.91 Å². The molecule has 2 rings (SSSR count). The van der Waals surface area contributed by atoms with Gasteiger partial charge >= 0.3 is 5.97 Å². The zero-order valence-electron chi connectivity index (χ0n) is 16.6. The van der Waals surface area contributed by atoms with Crippen LogP contribution in [-0.2, 0) is 14.3 Å². The number of amides is 1. The molecule has 0 aliphatic carbocycles. The first-order chi connectivity index (χ1) is 12.8. The Hall–Kier alpha value is -2.82. The molecule has 5 nitrogen and oxygen atoms in total. The van der Waals surface area contributed by atoms with Gasteiger partial charge in [-0.1, -0.05) is 35.9 Å². The van der Waals surface area contributed by atoms with E-state index in [1.807, 2.05) is 71.0 Å². The van der Waals surface area contributed by atoms with Crippen LogP contribution in [0.15, 0.2) is 36.4 Å². The summed E-state index contributed by atoms with van der Waals surface area (Å²) in [7, 11) is 0. The van der Waals surface area contributed by atoms with Crippen molar-refractivity contribution in [2.24, 2.45) is 0 Å². The summed E-state index contributed by atoms with van der Waals surface area (Å²) >= 11 is 0. The lowest BCUT2D eigenvalue weighted by Crippen LogP contribution is -2.32. The second-order valence-electron chi connectivity index (χ2n) is 6.85. The molecule has 5 heteroatoms. The third-order valence-electron chi connectivity index (χ3n) is 4.45. The fraction of sp³-hybridized carbons (Fsp3) is 0.364. The van der Waals surface area contributed by atoms with Crippen molar-refractivity contribution in [2.45, 2.75) is 40.7 Å². The van der Waals surface area contributed by atoms with Crippen LogP contribution in [-0.4, -0.2) is 25.1 Å². The van der Waals surface area contributed by atoms with Gasteiger partial charge in [0.1, 0.15) is 5.75 Å². The average molecular weight is 369 g/mol. The summed E-state index contributed by atoms with van der Waals surface area (Å²) < 4.78 is 10.4. The minimum atomic E-state index is -0.580. The molecule has 0 bridgehead atoms. The maximum Gasteiger partial charge on any atom is 0.344 e. The molecule has 0 heterocycles. The molecule has 0 saturated heterocycles. The van der Waals surface area contributed by atoms with Crippen LogP contribution in [0, 0.1) is 27.7 Å². The molecule has 0 saturated carbocycles. The third kappa shape index (κ3) is 6.13. The molecule has 144 valence electrons. The number of hydrogen-bond donors (Lipinski definition) is 1. The van der Waals surface area contributed by atoms with E-state index in [2.05, 4.69) is 5.32 Å². The molecule has 1 amide bonds. The number of nitrogens with one attached hydrogen (secondary N) is 1. The maximum atomic E-state index is 12.0. The van der Waals surface area contributed by atoms with Crippen molar-refractivity contribution < 1.29 is 19.1 Å². The van der Waals surface area contributed by atoms with Crippen LogP contribution in [0.5, 0.6) is 5.75 Å². The molecule has 0 aliphatic heterocycles. The van der Waals surface area contributed by atoms with Crippen molar-refractivity contribution in [3.8, 4) is 5.75 Å². The summed E-state index contributed by atoms with van der Waals surface area (Å²) in [6.45, 7) is 9.31. The molecule has 0 spiro atoms. The highest BCUT2D eigenvalue weighted by molar-refractivity contribution is 5.81. The van der Waals surface area contributed by atoms with Crippen molar-refractivity contribution in [1.82, 2.24) is 5.32 Å². The molecular formula is C22H27NO4. The molecule has 0 aromatic heterocycles. The summed E-state index contributed by atoms with van der Waals surface area (Å²) in [5.74, 6) is -0.296. The van der Waals surface area contributed by atoms with Crippen molar-refractivity contribution in [3.05, 3.63) is 64.2 Å². The van der Waals surface area contributed by atoms with E-state index in [-0.39, 0.29) is 25.2 Å².